The van der Waals surface area contributed by atoms with Crippen LogP contribution in [0.2, 0.25) is 0 Å². The smallest absolute Gasteiger partial charge is 0.157 e. The highest BCUT2D eigenvalue weighted by Gasteiger charge is 2.35. The van der Waals surface area contributed by atoms with Crippen LogP contribution in [0.25, 0.3) is 0 Å². The van der Waals surface area contributed by atoms with E-state index < -0.39 is 0 Å². The maximum absolute atomic E-state index is 9.49. The van der Waals surface area contributed by atoms with Crippen LogP contribution in [0.1, 0.15) is 32.1 Å². The predicted octanol–water partition coefficient (Wildman–Crippen LogP) is 1.30. The van der Waals surface area contributed by atoms with Crippen molar-refractivity contribution >= 4 is 0 Å². The largest absolute Gasteiger partial charge is 0.393 e. The molecule has 1 N–H and O–H groups in total. The maximum atomic E-state index is 9.49. The molecule has 4 atom stereocenters. The highest BCUT2D eigenvalue weighted by Crippen LogP contribution is 2.35. The topological polar surface area (TPSA) is 38.7 Å². The Kier molecular flexibility index (Phi) is 2.86. The molecular formula is C10H18O3. The van der Waals surface area contributed by atoms with Crippen molar-refractivity contribution in [1.29, 1.82) is 0 Å². The minimum absolute atomic E-state index is 0.0356. The van der Waals surface area contributed by atoms with E-state index in [1.54, 1.807) is 7.11 Å². The summed E-state index contributed by atoms with van der Waals surface area (Å²) >= 11 is 0. The lowest BCUT2D eigenvalue weighted by Crippen LogP contribution is -2.41. The molecule has 2 fully saturated rings. The van der Waals surface area contributed by atoms with Gasteiger partial charge in [0.05, 0.1) is 12.2 Å². The van der Waals surface area contributed by atoms with Crippen molar-refractivity contribution < 1.29 is 14.6 Å². The van der Waals surface area contributed by atoms with Gasteiger partial charge >= 0.3 is 0 Å². The third-order valence-corrected chi connectivity index (χ3v) is 3.26. The molecule has 76 valence electrons. The first-order valence-electron chi connectivity index (χ1n) is 5.16. The van der Waals surface area contributed by atoms with Crippen molar-refractivity contribution in [1.82, 2.24) is 0 Å². The average Bonchev–Trinajstić information content (AvgIpc) is 2.16. The second-order valence-corrected chi connectivity index (χ2v) is 4.14. The molecule has 1 aliphatic heterocycles. The number of hydrogen-bond acceptors (Lipinski definition) is 3. The molecule has 0 aromatic rings. The Morgan fingerprint density at radius 1 is 1.23 bits per heavy atom. The molecule has 3 nitrogen and oxygen atoms in total. The van der Waals surface area contributed by atoms with Gasteiger partial charge in [0.1, 0.15) is 0 Å². The number of hydrogen-bond donors (Lipinski definition) is 1. The van der Waals surface area contributed by atoms with Crippen LogP contribution < -0.4 is 0 Å². The molecule has 0 spiro atoms. The summed E-state index contributed by atoms with van der Waals surface area (Å²) in [7, 11) is 1.68. The Morgan fingerprint density at radius 3 is 2.77 bits per heavy atom. The van der Waals surface area contributed by atoms with Gasteiger partial charge < -0.3 is 14.6 Å². The standard InChI is InChI=1S/C10H18O3/c1-12-10-5-3-7-2-4-8(11)6-9(7)13-10/h7-11H,2-6H2,1H3. The Labute approximate surface area is 79.0 Å². The van der Waals surface area contributed by atoms with E-state index >= 15 is 0 Å². The Balaban J connectivity index is 1.91. The molecular weight excluding hydrogens is 168 g/mol. The van der Waals surface area contributed by atoms with Crippen molar-refractivity contribution in [2.45, 2.75) is 50.6 Å². The van der Waals surface area contributed by atoms with Crippen LogP contribution in [0.4, 0.5) is 0 Å². The highest BCUT2D eigenvalue weighted by molar-refractivity contribution is 4.83. The predicted molar refractivity (Wildman–Crippen MR) is 48.3 cm³/mol. The van der Waals surface area contributed by atoms with Gasteiger partial charge in [0, 0.05) is 7.11 Å². The van der Waals surface area contributed by atoms with Crippen molar-refractivity contribution in [2.24, 2.45) is 5.92 Å². The zero-order chi connectivity index (χ0) is 9.26. The van der Waals surface area contributed by atoms with Gasteiger partial charge in [0.2, 0.25) is 0 Å². The molecule has 1 aliphatic carbocycles. The van der Waals surface area contributed by atoms with E-state index in [2.05, 4.69) is 0 Å². The summed E-state index contributed by atoms with van der Waals surface area (Å²) in [5.41, 5.74) is 0. The number of aliphatic hydroxyl groups excluding tert-OH is 1. The van der Waals surface area contributed by atoms with Gasteiger partial charge in [0.15, 0.2) is 6.29 Å². The number of rotatable bonds is 1. The number of aliphatic hydroxyl groups is 1. The number of fused-ring (bicyclic) bond motifs is 1. The van der Waals surface area contributed by atoms with Crippen LogP contribution >= 0.6 is 0 Å². The molecule has 1 saturated heterocycles. The zero-order valence-electron chi connectivity index (χ0n) is 8.11. The van der Waals surface area contributed by atoms with Gasteiger partial charge in [-0.2, -0.15) is 0 Å². The van der Waals surface area contributed by atoms with E-state index in [-0.39, 0.29) is 18.5 Å². The first-order valence-corrected chi connectivity index (χ1v) is 5.16. The second-order valence-electron chi connectivity index (χ2n) is 4.14. The molecule has 1 heterocycles. The molecule has 3 heteroatoms. The van der Waals surface area contributed by atoms with Gasteiger partial charge in [-0.25, -0.2) is 0 Å². The van der Waals surface area contributed by atoms with Crippen LogP contribution in [-0.2, 0) is 9.47 Å². The fourth-order valence-electron chi connectivity index (χ4n) is 2.45. The van der Waals surface area contributed by atoms with Crippen molar-refractivity contribution in [3.05, 3.63) is 0 Å². The Bertz CT molecular complexity index is 172. The van der Waals surface area contributed by atoms with Gasteiger partial charge in [0.25, 0.3) is 0 Å². The number of ether oxygens (including phenoxy) is 2. The summed E-state index contributed by atoms with van der Waals surface area (Å²) in [6.45, 7) is 0. The lowest BCUT2D eigenvalue weighted by molar-refractivity contribution is -0.212. The van der Waals surface area contributed by atoms with Gasteiger partial charge in [-0.15, -0.1) is 0 Å². The van der Waals surface area contributed by atoms with Crippen LogP contribution in [0, 0.1) is 5.92 Å². The van der Waals surface area contributed by atoms with E-state index in [1.807, 2.05) is 0 Å². The molecule has 2 rings (SSSR count). The molecule has 2 aliphatic rings. The van der Waals surface area contributed by atoms with Crippen LogP contribution in [0.3, 0.4) is 0 Å². The summed E-state index contributed by atoms with van der Waals surface area (Å²) < 4.78 is 10.9. The van der Waals surface area contributed by atoms with Crippen LogP contribution in [-0.4, -0.2) is 30.7 Å². The van der Waals surface area contributed by atoms with E-state index in [0.29, 0.717) is 5.92 Å². The first-order chi connectivity index (χ1) is 6.29. The van der Waals surface area contributed by atoms with E-state index in [0.717, 1.165) is 25.7 Å². The molecule has 1 saturated carbocycles. The summed E-state index contributed by atoms with van der Waals surface area (Å²) in [5.74, 6) is 0.662. The first kappa shape index (κ1) is 9.44. The van der Waals surface area contributed by atoms with Gasteiger partial charge in [-0.3, -0.25) is 0 Å². The fourth-order valence-corrected chi connectivity index (χ4v) is 2.45. The lowest BCUT2D eigenvalue weighted by atomic mass is 9.80. The average molecular weight is 186 g/mol. The number of methoxy groups -OCH3 is 1. The van der Waals surface area contributed by atoms with Gasteiger partial charge in [-0.1, -0.05) is 0 Å². The Morgan fingerprint density at radius 2 is 2.00 bits per heavy atom. The van der Waals surface area contributed by atoms with Crippen molar-refractivity contribution in [3.8, 4) is 0 Å². The molecule has 4 unspecified atom stereocenters. The summed E-state index contributed by atoms with van der Waals surface area (Å²) in [4.78, 5) is 0. The molecule has 0 amide bonds. The molecule has 0 radical (unpaired) electrons. The minimum Gasteiger partial charge on any atom is -0.393 e. The third-order valence-electron chi connectivity index (χ3n) is 3.26. The summed E-state index contributed by atoms with van der Waals surface area (Å²) in [6, 6.07) is 0. The molecule has 0 aromatic carbocycles. The minimum atomic E-state index is -0.156. The highest BCUT2D eigenvalue weighted by atomic mass is 16.7. The summed E-state index contributed by atoms with van der Waals surface area (Å²) in [6.07, 6.45) is 5.10. The fraction of sp³-hybridized carbons (Fsp3) is 1.00. The Hall–Kier alpha value is -0.120. The SMILES string of the molecule is COC1CCC2CCC(O)CC2O1. The molecule has 13 heavy (non-hydrogen) atoms. The van der Waals surface area contributed by atoms with Crippen LogP contribution in [0.5, 0.6) is 0 Å². The van der Waals surface area contributed by atoms with Crippen LogP contribution in [0.15, 0.2) is 0 Å². The van der Waals surface area contributed by atoms with Crippen molar-refractivity contribution in [2.75, 3.05) is 7.11 Å². The third kappa shape index (κ3) is 2.03. The quantitative estimate of drug-likeness (QED) is 0.671. The lowest BCUT2D eigenvalue weighted by Gasteiger charge is -2.40. The molecule has 0 bridgehead atoms. The van der Waals surface area contributed by atoms with E-state index in [1.165, 1.54) is 6.42 Å². The van der Waals surface area contributed by atoms with E-state index in [4.69, 9.17) is 9.47 Å². The monoisotopic (exact) mass is 186 g/mol. The van der Waals surface area contributed by atoms with Gasteiger partial charge in [-0.05, 0) is 38.0 Å². The second kappa shape index (κ2) is 3.95. The summed E-state index contributed by atoms with van der Waals surface area (Å²) in [5, 5.41) is 9.49. The normalized spacial score (nSPS) is 45.7. The molecule has 0 aromatic heterocycles. The zero-order valence-corrected chi connectivity index (χ0v) is 8.11. The maximum Gasteiger partial charge on any atom is 0.157 e. The van der Waals surface area contributed by atoms with Crippen molar-refractivity contribution in [3.63, 3.8) is 0 Å². The van der Waals surface area contributed by atoms with E-state index in [9.17, 15) is 5.11 Å².